The van der Waals surface area contributed by atoms with Crippen molar-refractivity contribution in [3.63, 3.8) is 0 Å². The van der Waals surface area contributed by atoms with Crippen molar-refractivity contribution < 1.29 is 22.7 Å². The molecule has 6 nitrogen and oxygen atoms in total. The Bertz CT molecular complexity index is 661. The fraction of sp³-hybridized carbons (Fsp3) is 0.643. The molecule has 0 radical (unpaired) electrons. The zero-order chi connectivity index (χ0) is 16.4. The lowest BCUT2D eigenvalue weighted by molar-refractivity contribution is -0.142. The minimum absolute atomic E-state index is 0.00191. The van der Waals surface area contributed by atoms with Crippen molar-refractivity contribution in [1.29, 1.82) is 0 Å². The SMILES string of the molecule is OCCCc1cn(Cc2nnc(C3CCC3)o2)nc1C(F)(F)F. The fourth-order valence-corrected chi connectivity index (χ4v) is 2.52. The van der Waals surface area contributed by atoms with E-state index in [0.717, 1.165) is 23.9 Å². The van der Waals surface area contributed by atoms with Gasteiger partial charge in [-0.15, -0.1) is 10.2 Å². The number of aryl methyl sites for hydroxylation is 1. The minimum atomic E-state index is -4.53. The molecule has 9 heteroatoms. The predicted octanol–water partition coefficient (Wildman–Crippen LogP) is 2.53. The minimum Gasteiger partial charge on any atom is -0.423 e. The summed E-state index contributed by atoms with van der Waals surface area (Å²) in [5.74, 6) is 1.08. The molecular weight excluding hydrogens is 313 g/mol. The van der Waals surface area contributed by atoms with Crippen molar-refractivity contribution in [2.45, 2.75) is 50.7 Å². The van der Waals surface area contributed by atoms with Crippen LogP contribution in [-0.2, 0) is 19.1 Å². The summed E-state index contributed by atoms with van der Waals surface area (Å²) in [4.78, 5) is 0. The molecular formula is C14H17F3N4O2. The molecule has 0 spiro atoms. The van der Waals surface area contributed by atoms with E-state index in [4.69, 9.17) is 9.52 Å². The molecule has 23 heavy (non-hydrogen) atoms. The fourth-order valence-electron chi connectivity index (χ4n) is 2.52. The normalized spacial score (nSPS) is 15.8. The molecule has 0 unspecified atom stereocenters. The van der Waals surface area contributed by atoms with Crippen LogP contribution in [0.3, 0.4) is 0 Å². The van der Waals surface area contributed by atoms with Crippen LogP contribution in [0.1, 0.15) is 54.6 Å². The summed E-state index contributed by atoms with van der Waals surface area (Å²) in [6.07, 6.45) is 0.307. The maximum Gasteiger partial charge on any atom is 0.435 e. The molecule has 2 aromatic heterocycles. The van der Waals surface area contributed by atoms with Gasteiger partial charge in [-0.1, -0.05) is 6.42 Å². The summed E-state index contributed by atoms with van der Waals surface area (Å²) in [5.41, 5.74) is -0.866. The van der Waals surface area contributed by atoms with E-state index in [1.165, 1.54) is 6.20 Å². The Kier molecular flexibility index (Phi) is 4.38. The van der Waals surface area contributed by atoms with E-state index < -0.39 is 11.9 Å². The molecule has 0 bridgehead atoms. The molecule has 1 fully saturated rings. The second-order valence-electron chi connectivity index (χ2n) is 5.69. The van der Waals surface area contributed by atoms with Crippen LogP contribution in [-0.4, -0.2) is 31.7 Å². The van der Waals surface area contributed by atoms with Gasteiger partial charge in [0.2, 0.25) is 11.8 Å². The van der Waals surface area contributed by atoms with Crippen LogP contribution < -0.4 is 0 Å². The highest BCUT2D eigenvalue weighted by Crippen LogP contribution is 2.35. The van der Waals surface area contributed by atoms with Crippen molar-refractivity contribution in [2.75, 3.05) is 6.61 Å². The molecule has 2 aromatic rings. The number of halogens is 3. The molecule has 1 saturated carbocycles. The van der Waals surface area contributed by atoms with E-state index in [1.54, 1.807) is 0 Å². The van der Waals surface area contributed by atoms with E-state index in [-0.39, 0.29) is 43.4 Å². The highest BCUT2D eigenvalue weighted by Gasteiger charge is 2.37. The maximum absolute atomic E-state index is 13.0. The Morgan fingerprint density at radius 3 is 2.70 bits per heavy atom. The number of hydrogen-bond acceptors (Lipinski definition) is 5. The Morgan fingerprint density at radius 2 is 2.09 bits per heavy atom. The van der Waals surface area contributed by atoms with Gasteiger partial charge >= 0.3 is 6.18 Å². The van der Waals surface area contributed by atoms with Crippen molar-refractivity contribution in [1.82, 2.24) is 20.0 Å². The second-order valence-corrected chi connectivity index (χ2v) is 5.69. The van der Waals surface area contributed by atoms with E-state index in [0.29, 0.717) is 5.89 Å². The molecule has 1 aliphatic rings. The summed E-state index contributed by atoms with van der Waals surface area (Å²) < 4.78 is 45.7. The molecule has 2 heterocycles. The van der Waals surface area contributed by atoms with E-state index in [1.807, 2.05) is 0 Å². The molecule has 1 aliphatic carbocycles. The van der Waals surface area contributed by atoms with Crippen molar-refractivity contribution in [3.8, 4) is 0 Å². The Labute approximate surface area is 130 Å². The summed E-state index contributed by atoms with van der Waals surface area (Å²) in [6.45, 7) is -0.168. The predicted molar refractivity (Wildman–Crippen MR) is 72.6 cm³/mol. The van der Waals surface area contributed by atoms with E-state index in [2.05, 4.69) is 15.3 Å². The van der Waals surface area contributed by atoms with Crippen molar-refractivity contribution >= 4 is 0 Å². The van der Waals surface area contributed by atoms with Crippen molar-refractivity contribution in [2.24, 2.45) is 0 Å². The molecule has 126 valence electrons. The Hall–Kier alpha value is -1.90. The van der Waals surface area contributed by atoms with Crippen LogP contribution in [0.4, 0.5) is 13.2 Å². The van der Waals surface area contributed by atoms with Crippen LogP contribution >= 0.6 is 0 Å². The summed E-state index contributed by atoms with van der Waals surface area (Å²) in [6, 6.07) is 0. The molecule has 0 amide bonds. The van der Waals surface area contributed by atoms with Gasteiger partial charge in [-0.2, -0.15) is 18.3 Å². The molecule has 0 aliphatic heterocycles. The molecule has 0 atom stereocenters. The van der Waals surface area contributed by atoms with Gasteiger partial charge in [0, 0.05) is 24.3 Å². The summed E-state index contributed by atoms with van der Waals surface area (Å²) in [7, 11) is 0. The number of hydrogen-bond donors (Lipinski definition) is 1. The molecule has 0 aromatic carbocycles. The van der Waals surface area contributed by atoms with Crippen LogP contribution in [0.15, 0.2) is 10.6 Å². The lowest BCUT2D eigenvalue weighted by Gasteiger charge is -2.20. The first-order valence-corrected chi connectivity index (χ1v) is 7.54. The third-order valence-electron chi connectivity index (χ3n) is 3.94. The largest absolute Gasteiger partial charge is 0.435 e. The van der Waals surface area contributed by atoms with Gasteiger partial charge in [0.1, 0.15) is 6.54 Å². The van der Waals surface area contributed by atoms with Crippen LogP contribution in [0, 0.1) is 0 Å². The van der Waals surface area contributed by atoms with Crippen LogP contribution in [0.2, 0.25) is 0 Å². The maximum atomic E-state index is 13.0. The zero-order valence-corrected chi connectivity index (χ0v) is 12.4. The third-order valence-corrected chi connectivity index (χ3v) is 3.94. The number of aliphatic hydroxyl groups is 1. The second kappa shape index (κ2) is 6.31. The van der Waals surface area contributed by atoms with E-state index in [9.17, 15) is 13.2 Å². The first kappa shape index (κ1) is 16.0. The van der Waals surface area contributed by atoms with Gasteiger partial charge in [0.05, 0.1) is 0 Å². The third kappa shape index (κ3) is 3.54. The topological polar surface area (TPSA) is 77.0 Å². The first-order valence-electron chi connectivity index (χ1n) is 7.54. The van der Waals surface area contributed by atoms with Gasteiger partial charge in [-0.25, -0.2) is 0 Å². The smallest absolute Gasteiger partial charge is 0.423 e. The number of alkyl halides is 3. The standard InChI is InChI=1S/C14H17F3N4O2/c15-14(16,17)12-10(5-2-6-22)7-21(20-12)8-11-18-19-13(23-11)9-3-1-4-9/h7,9,22H,1-6,8H2. The van der Waals surface area contributed by atoms with Crippen LogP contribution in [0.25, 0.3) is 0 Å². The number of nitrogens with zero attached hydrogens (tertiary/aromatic N) is 4. The summed E-state index contributed by atoms with van der Waals surface area (Å²) in [5, 5.41) is 20.2. The highest BCUT2D eigenvalue weighted by atomic mass is 19.4. The average Bonchev–Trinajstić information content (AvgIpc) is 3.02. The van der Waals surface area contributed by atoms with E-state index >= 15 is 0 Å². The average molecular weight is 330 g/mol. The van der Waals surface area contributed by atoms with Gasteiger partial charge in [-0.05, 0) is 25.7 Å². The highest BCUT2D eigenvalue weighted by molar-refractivity contribution is 5.20. The van der Waals surface area contributed by atoms with Gasteiger partial charge in [0.25, 0.3) is 0 Å². The first-order chi connectivity index (χ1) is 11.0. The number of aromatic nitrogens is 4. The van der Waals surface area contributed by atoms with Gasteiger partial charge < -0.3 is 9.52 Å². The molecule has 0 saturated heterocycles. The quantitative estimate of drug-likeness (QED) is 0.881. The summed E-state index contributed by atoms with van der Waals surface area (Å²) >= 11 is 0. The molecule has 3 rings (SSSR count). The van der Waals surface area contributed by atoms with Crippen LogP contribution in [0.5, 0.6) is 0 Å². The zero-order valence-electron chi connectivity index (χ0n) is 12.4. The lowest BCUT2D eigenvalue weighted by atomic mass is 9.85. The Morgan fingerprint density at radius 1 is 1.30 bits per heavy atom. The van der Waals surface area contributed by atoms with Gasteiger partial charge in [0.15, 0.2) is 5.69 Å². The Balaban J connectivity index is 1.76. The monoisotopic (exact) mass is 330 g/mol. The van der Waals surface area contributed by atoms with Gasteiger partial charge in [-0.3, -0.25) is 4.68 Å². The van der Waals surface area contributed by atoms with Crippen molar-refractivity contribution in [3.05, 3.63) is 29.2 Å². The molecule has 1 N–H and O–H groups in total. The lowest BCUT2D eigenvalue weighted by Crippen LogP contribution is -2.10. The number of aliphatic hydroxyl groups excluding tert-OH is 1. The number of rotatable bonds is 6.